The third-order valence-electron chi connectivity index (χ3n) is 6.10. The quantitative estimate of drug-likeness (QED) is 0.200. The first-order chi connectivity index (χ1) is 18.6. The number of hydrogen-bond donors (Lipinski definition) is 0. The second-order valence-corrected chi connectivity index (χ2v) is 8.73. The van der Waals surface area contributed by atoms with Crippen molar-refractivity contribution in [1.82, 2.24) is 25.2 Å². The fourth-order valence-electron chi connectivity index (χ4n) is 4.35. The Labute approximate surface area is 219 Å². The predicted octanol–water partition coefficient (Wildman–Crippen LogP) is 3.48. The van der Waals surface area contributed by atoms with Gasteiger partial charge in [0.25, 0.3) is 5.91 Å². The summed E-state index contributed by atoms with van der Waals surface area (Å²) in [6.07, 6.45) is -1.81. The number of aromatic nitrogens is 5. The Morgan fingerprint density at radius 2 is 1.59 bits per heavy atom. The molecule has 10 nitrogen and oxygen atoms in total. The van der Waals surface area contributed by atoms with Gasteiger partial charge in [0, 0.05) is 5.56 Å². The van der Waals surface area contributed by atoms with Gasteiger partial charge in [-0.05, 0) is 54.4 Å². The lowest BCUT2D eigenvalue weighted by atomic mass is 9.86. The number of halogens is 3. The van der Waals surface area contributed by atoms with Crippen molar-refractivity contribution < 1.29 is 32.3 Å². The van der Waals surface area contributed by atoms with Crippen LogP contribution in [0.25, 0.3) is 0 Å². The van der Waals surface area contributed by atoms with Crippen molar-refractivity contribution in [3.63, 3.8) is 0 Å². The Morgan fingerprint density at radius 1 is 0.923 bits per heavy atom. The van der Waals surface area contributed by atoms with Gasteiger partial charge >= 0.3 is 6.36 Å². The van der Waals surface area contributed by atoms with Gasteiger partial charge in [0.15, 0.2) is 11.6 Å². The van der Waals surface area contributed by atoms with Gasteiger partial charge in [0.1, 0.15) is 11.7 Å². The first-order valence-electron chi connectivity index (χ1n) is 11.6. The number of anilines is 1. The topological polar surface area (TPSA) is 120 Å². The maximum atomic E-state index is 13.6. The molecular weight excluding hydrogens is 517 g/mol. The van der Waals surface area contributed by atoms with Gasteiger partial charge in [-0.1, -0.05) is 24.3 Å². The molecule has 1 aliphatic rings. The number of amides is 1. The number of aryl methyl sites for hydroxylation is 1. The molecule has 2 aromatic carbocycles. The summed E-state index contributed by atoms with van der Waals surface area (Å²) in [5, 5.41) is 16.1. The minimum atomic E-state index is -4.90. The fourth-order valence-corrected chi connectivity index (χ4v) is 4.35. The minimum Gasteiger partial charge on any atom is -0.406 e. The highest BCUT2D eigenvalue weighted by Gasteiger charge is 2.53. The number of ketones is 2. The van der Waals surface area contributed by atoms with Crippen molar-refractivity contribution in [2.45, 2.75) is 25.9 Å². The number of ether oxygens (including phenoxy) is 1. The minimum absolute atomic E-state index is 0.0566. The van der Waals surface area contributed by atoms with E-state index >= 15 is 0 Å². The van der Waals surface area contributed by atoms with E-state index in [-0.39, 0.29) is 11.4 Å². The number of alkyl halides is 3. The standard InChI is InChI=1S/C26H19F3N6O4/c1-15-2-11-20(33-32-15)35-22(17-5-3-16(4-6-17)14-34-30-12-13-31-34)21(24(37)25(35)38)23(36)18-7-9-19(10-8-18)39-26(27,28)29/h2-13,21-22H,14H2,1H3. The molecule has 0 spiro atoms. The van der Waals surface area contributed by atoms with Crippen molar-refractivity contribution in [3.8, 4) is 5.75 Å². The van der Waals surface area contributed by atoms with Gasteiger partial charge in [-0.2, -0.15) is 20.1 Å². The number of nitrogens with zero attached hydrogens (tertiary/aromatic N) is 6. The van der Waals surface area contributed by atoms with Crippen LogP contribution in [0, 0.1) is 12.8 Å². The molecular formula is C26H19F3N6O4. The summed E-state index contributed by atoms with van der Waals surface area (Å²) in [6.45, 7) is 2.08. The highest BCUT2D eigenvalue weighted by Crippen LogP contribution is 2.40. The van der Waals surface area contributed by atoms with E-state index in [2.05, 4.69) is 25.1 Å². The van der Waals surface area contributed by atoms with Crippen LogP contribution in [0.4, 0.5) is 19.0 Å². The molecule has 5 rings (SSSR count). The zero-order valence-electron chi connectivity index (χ0n) is 20.2. The SMILES string of the molecule is Cc1ccc(N2C(=O)C(=O)C(C(=O)c3ccc(OC(F)(F)F)cc3)C2c2ccc(Cn3nccn3)cc2)nn1. The van der Waals surface area contributed by atoms with Crippen LogP contribution in [0.3, 0.4) is 0 Å². The normalized spacial score (nSPS) is 17.5. The molecule has 0 radical (unpaired) electrons. The van der Waals surface area contributed by atoms with Crippen molar-refractivity contribution in [3.05, 3.63) is 95.4 Å². The van der Waals surface area contributed by atoms with Crippen LogP contribution in [0.2, 0.25) is 0 Å². The number of carbonyl (C=O) groups excluding carboxylic acids is 3. The summed E-state index contributed by atoms with van der Waals surface area (Å²) < 4.78 is 41.5. The van der Waals surface area contributed by atoms with Gasteiger partial charge < -0.3 is 4.74 Å². The van der Waals surface area contributed by atoms with E-state index in [4.69, 9.17) is 0 Å². The highest BCUT2D eigenvalue weighted by atomic mass is 19.4. The van der Waals surface area contributed by atoms with Gasteiger partial charge in [0.05, 0.1) is 30.7 Å². The zero-order chi connectivity index (χ0) is 27.7. The Kier molecular flexibility index (Phi) is 6.64. The molecule has 198 valence electrons. The van der Waals surface area contributed by atoms with Gasteiger partial charge in [-0.25, -0.2) is 0 Å². The molecule has 0 aliphatic carbocycles. The number of carbonyl (C=O) groups is 3. The Morgan fingerprint density at radius 3 is 2.18 bits per heavy atom. The van der Waals surface area contributed by atoms with E-state index < -0.39 is 41.5 Å². The van der Waals surface area contributed by atoms with Crippen molar-refractivity contribution in [2.75, 3.05) is 4.90 Å². The van der Waals surface area contributed by atoms with Crippen molar-refractivity contribution in [1.29, 1.82) is 0 Å². The summed E-state index contributed by atoms with van der Waals surface area (Å²) >= 11 is 0. The molecule has 3 heterocycles. The molecule has 2 atom stereocenters. The van der Waals surface area contributed by atoms with Crippen molar-refractivity contribution >= 4 is 23.3 Å². The molecule has 2 unspecified atom stereocenters. The van der Waals surface area contributed by atoms with Crippen LogP contribution >= 0.6 is 0 Å². The molecule has 4 aromatic rings. The smallest absolute Gasteiger partial charge is 0.406 e. The van der Waals surface area contributed by atoms with Gasteiger partial charge in [-0.3, -0.25) is 19.3 Å². The summed E-state index contributed by atoms with van der Waals surface area (Å²) in [7, 11) is 0. The second kappa shape index (κ2) is 10.1. The van der Waals surface area contributed by atoms with E-state index in [0.29, 0.717) is 17.8 Å². The van der Waals surface area contributed by atoms with Gasteiger partial charge in [0.2, 0.25) is 5.78 Å². The van der Waals surface area contributed by atoms with E-state index in [1.54, 1.807) is 49.6 Å². The van der Waals surface area contributed by atoms with Crippen LogP contribution < -0.4 is 9.64 Å². The molecule has 13 heteroatoms. The molecule has 1 amide bonds. The summed E-state index contributed by atoms with van der Waals surface area (Å²) in [6, 6.07) is 13.1. The Hall–Kier alpha value is -4.94. The lowest BCUT2D eigenvalue weighted by molar-refractivity contribution is -0.274. The zero-order valence-corrected chi connectivity index (χ0v) is 20.2. The number of Topliss-reactive ketones (excluding diaryl/α,β-unsaturated/α-hetero) is 2. The average Bonchev–Trinajstić information content (AvgIpc) is 3.50. The Balaban J connectivity index is 1.51. The molecule has 2 aromatic heterocycles. The molecule has 0 bridgehead atoms. The third-order valence-corrected chi connectivity index (χ3v) is 6.10. The molecule has 0 N–H and O–H groups in total. The maximum absolute atomic E-state index is 13.6. The fraction of sp³-hybridized carbons (Fsp3) is 0.192. The molecule has 0 saturated carbocycles. The van der Waals surface area contributed by atoms with Crippen LogP contribution in [0.1, 0.15) is 33.2 Å². The second-order valence-electron chi connectivity index (χ2n) is 8.73. The van der Waals surface area contributed by atoms with E-state index in [1.165, 1.54) is 10.9 Å². The average molecular weight is 536 g/mol. The molecule has 39 heavy (non-hydrogen) atoms. The number of hydrogen-bond acceptors (Lipinski definition) is 8. The van der Waals surface area contributed by atoms with E-state index in [9.17, 15) is 27.6 Å². The largest absolute Gasteiger partial charge is 0.573 e. The lowest BCUT2D eigenvalue weighted by Crippen LogP contribution is -2.31. The van der Waals surface area contributed by atoms with Crippen LogP contribution in [-0.4, -0.2) is 49.0 Å². The lowest BCUT2D eigenvalue weighted by Gasteiger charge is -2.26. The monoisotopic (exact) mass is 536 g/mol. The van der Waals surface area contributed by atoms with Crippen LogP contribution in [0.5, 0.6) is 5.75 Å². The first kappa shape index (κ1) is 25.7. The van der Waals surface area contributed by atoms with Gasteiger partial charge in [-0.15, -0.1) is 18.3 Å². The van der Waals surface area contributed by atoms with Crippen LogP contribution in [0.15, 0.2) is 73.1 Å². The first-order valence-corrected chi connectivity index (χ1v) is 11.6. The van der Waals surface area contributed by atoms with Crippen LogP contribution in [-0.2, 0) is 16.1 Å². The van der Waals surface area contributed by atoms with Crippen molar-refractivity contribution in [2.24, 2.45) is 5.92 Å². The summed E-state index contributed by atoms with van der Waals surface area (Å²) in [5.74, 6) is -4.56. The molecule has 1 fully saturated rings. The predicted molar refractivity (Wildman–Crippen MR) is 129 cm³/mol. The molecule has 1 saturated heterocycles. The Bertz CT molecular complexity index is 1510. The highest BCUT2D eigenvalue weighted by molar-refractivity contribution is 6.48. The number of benzene rings is 2. The van der Waals surface area contributed by atoms with E-state index in [1.807, 2.05) is 0 Å². The third kappa shape index (κ3) is 5.37. The number of rotatable bonds is 7. The maximum Gasteiger partial charge on any atom is 0.573 e. The summed E-state index contributed by atoms with van der Waals surface area (Å²) in [4.78, 5) is 42.6. The summed E-state index contributed by atoms with van der Waals surface area (Å²) in [5.41, 5.74) is 1.83. The molecule has 1 aliphatic heterocycles. The van der Waals surface area contributed by atoms with E-state index in [0.717, 1.165) is 34.7 Å².